The van der Waals surface area contributed by atoms with Crippen LogP contribution >= 0.6 is 23.4 Å². The highest BCUT2D eigenvalue weighted by molar-refractivity contribution is 7.99. The summed E-state index contributed by atoms with van der Waals surface area (Å²) in [5.74, 6) is -0.150. The van der Waals surface area contributed by atoms with E-state index in [-0.39, 0.29) is 17.3 Å². The van der Waals surface area contributed by atoms with E-state index in [9.17, 15) is 9.59 Å². The van der Waals surface area contributed by atoms with E-state index in [1.165, 1.54) is 4.57 Å². The van der Waals surface area contributed by atoms with Crippen LogP contribution < -0.4 is 16.7 Å². The SMILES string of the molecule is CCn1c(SCC(=O)Nc2cc(Cl)ccc2N)n[nH]c1=O. The minimum Gasteiger partial charge on any atom is -0.397 e. The molecule has 2 aromatic rings. The van der Waals surface area contributed by atoms with Crippen LogP contribution in [0.25, 0.3) is 0 Å². The highest BCUT2D eigenvalue weighted by atomic mass is 35.5. The summed E-state index contributed by atoms with van der Waals surface area (Å²) >= 11 is 7.02. The number of benzene rings is 1. The van der Waals surface area contributed by atoms with Gasteiger partial charge < -0.3 is 11.1 Å². The fourth-order valence-corrected chi connectivity index (χ4v) is 2.63. The number of H-pyrrole nitrogens is 1. The second-order valence-corrected chi connectivity index (χ2v) is 5.50. The first-order chi connectivity index (χ1) is 10.0. The van der Waals surface area contributed by atoms with Crippen LogP contribution in [-0.4, -0.2) is 26.4 Å². The van der Waals surface area contributed by atoms with E-state index in [1.54, 1.807) is 18.2 Å². The Bertz CT molecular complexity index is 712. The topological polar surface area (TPSA) is 106 Å². The third-order valence-electron chi connectivity index (χ3n) is 2.66. The van der Waals surface area contributed by atoms with E-state index in [4.69, 9.17) is 17.3 Å². The van der Waals surface area contributed by atoms with Crippen LogP contribution in [0.15, 0.2) is 28.2 Å². The monoisotopic (exact) mass is 327 g/mol. The van der Waals surface area contributed by atoms with Gasteiger partial charge in [0.25, 0.3) is 0 Å². The number of aromatic nitrogens is 3. The molecule has 1 amide bonds. The van der Waals surface area contributed by atoms with Gasteiger partial charge in [0.1, 0.15) is 0 Å². The number of rotatable bonds is 5. The molecule has 0 unspecified atom stereocenters. The van der Waals surface area contributed by atoms with E-state index in [0.717, 1.165) is 11.8 Å². The Morgan fingerprint density at radius 3 is 3.05 bits per heavy atom. The lowest BCUT2D eigenvalue weighted by molar-refractivity contribution is -0.113. The lowest BCUT2D eigenvalue weighted by atomic mass is 10.2. The number of anilines is 2. The van der Waals surface area contributed by atoms with Gasteiger partial charge in [-0.1, -0.05) is 23.4 Å². The third-order valence-corrected chi connectivity index (χ3v) is 3.87. The number of nitrogens with zero attached hydrogens (tertiary/aromatic N) is 2. The summed E-state index contributed by atoms with van der Waals surface area (Å²) in [6.07, 6.45) is 0. The molecule has 0 aliphatic rings. The molecule has 0 bridgehead atoms. The standard InChI is InChI=1S/C12H14ClN5O2S/c1-2-18-11(20)16-17-12(18)21-6-10(19)15-9-5-7(13)3-4-8(9)14/h3-5H,2,6,14H2,1H3,(H,15,19)(H,16,20). The molecule has 21 heavy (non-hydrogen) atoms. The van der Waals surface area contributed by atoms with Crippen molar-refractivity contribution in [3.8, 4) is 0 Å². The zero-order valence-corrected chi connectivity index (χ0v) is 12.8. The number of carbonyl (C=O) groups is 1. The van der Waals surface area contributed by atoms with Crippen molar-refractivity contribution in [2.45, 2.75) is 18.6 Å². The van der Waals surface area contributed by atoms with Gasteiger partial charge in [0, 0.05) is 11.6 Å². The molecule has 2 rings (SSSR count). The molecule has 0 aliphatic carbocycles. The van der Waals surface area contributed by atoms with Crippen LogP contribution in [0.2, 0.25) is 5.02 Å². The molecule has 0 saturated heterocycles. The number of halogens is 1. The number of nitrogens with two attached hydrogens (primary N) is 1. The predicted molar refractivity (Wildman–Crippen MR) is 83.7 cm³/mol. The molecule has 7 nitrogen and oxygen atoms in total. The smallest absolute Gasteiger partial charge is 0.343 e. The van der Waals surface area contributed by atoms with Crippen molar-refractivity contribution in [2.24, 2.45) is 0 Å². The third kappa shape index (κ3) is 3.79. The second-order valence-electron chi connectivity index (χ2n) is 4.12. The fraction of sp³-hybridized carbons (Fsp3) is 0.250. The van der Waals surface area contributed by atoms with Crippen LogP contribution in [0.1, 0.15) is 6.92 Å². The van der Waals surface area contributed by atoms with E-state index >= 15 is 0 Å². The second kappa shape index (κ2) is 6.68. The van der Waals surface area contributed by atoms with Gasteiger partial charge in [-0.2, -0.15) is 0 Å². The van der Waals surface area contributed by atoms with Gasteiger partial charge in [0.05, 0.1) is 17.1 Å². The number of hydrogen-bond donors (Lipinski definition) is 3. The molecule has 9 heteroatoms. The maximum absolute atomic E-state index is 11.9. The zero-order valence-electron chi connectivity index (χ0n) is 11.2. The van der Waals surface area contributed by atoms with Gasteiger partial charge in [0.2, 0.25) is 5.91 Å². The maximum Gasteiger partial charge on any atom is 0.343 e. The van der Waals surface area contributed by atoms with E-state index < -0.39 is 0 Å². The zero-order chi connectivity index (χ0) is 15.4. The summed E-state index contributed by atoms with van der Waals surface area (Å²) in [5, 5.41) is 9.83. The summed E-state index contributed by atoms with van der Waals surface area (Å²) in [6, 6.07) is 4.84. The van der Waals surface area contributed by atoms with Gasteiger partial charge >= 0.3 is 5.69 Å². The molecule has 112 valence electrons. The molecule has 1 heterocycles. The van der Waals surface area contributed by atoms with Crippen molar-refractivity contribution in [2.75, 3.05) is 16.8 Å². The average molecular weight is 328 g/mol. The van der Waals surface area contributed by atoms with Crippen LogP contribution in [0.4, 0.5) is 11.4 Å². The van der Waals surface area contributed by atoms with Crippen molar-refractivity contribution >= 4 is 40.6 Å². The van der Waals surface area contributed by atoms with Crippen molar-refractivity contribution in [1.29, 1.82) is 0 Å². The molecule has 0 aliphatic heterocycles. The number of nitrogen functional groups attached to an aromatic ring is 1. The first kappa shape index (κ1) is 15.5. The highest BCUT2D eigenvalue weighted by Gasteiger charge is 2.11. The number of carbonyl (C=O) groups excluding carboxylic acids is 1. The summed E-state index contributed by atoms with van der Waals surface area (Å²) in [6.45, 7) is 2.31. The molecular weight excluding hydrogens is 314 g/mol. The number of aromatic amines is 1. The Morgan fingerprint density at radius 1 is 1.57 bits per heavy atom. The normalized spacial score (nSPS) is 10.6. The van der Waals surface area contributed by atoms with Crippen molar-refractivity contribution in [3.05, 3.63) is 33.7 Å². The molecule has 0 atom stereocenters. The van der Waals surface area contributed by atoms with Gasteiger partial charge in [-0.15, -0.1) is 5.10 Å². The summed E-state index contributed by atoms with van der Waals surface area (Å²) in [4.78, 5) is 23.3. The highest BCUT2D eigenvalue weighted by Crippen LogP contribution is 2.23. The van der Waals surface area contributed by atoms with Gasteiger partial charge in [0.15, 0.2) is 5.16 Å². The summed E-state index contributed by atoms with van der Waals surface area (Å²) in [7, 11) is 0. The first-order valence-corrected chi connectivity index (χ1v) is 7.50. The van der Waals surface area contributed by atoms with E-state index in [2.05, 4.69) is 15.5 Å². The van der Waals surface area contributed by atoms with Crippen LogP contribution in [0.5, 0.6) is 0 Å². The summed E-state index contributed by atoms with van der Waals surface area (Å²) in [5.41, 5.74) is 6.35. The largest absolute Gasteiger partial charge is 0.397 e. The fourth-order valence-electron chi connectivity index (χ4n) is 1.65. The lowest BCUT2D eigenvalue weighted by Gasteiger charge is -2.08. The molecule has 0 fully saturated rings. The predicted octanol–water partition coefficient (Wildman–Crippen LogP) is 1.56. The average Bonchev–Trinajstić information content (AvgIpc) is 2.81. The van der Waals surface area contributed by atoms with Crippen LogP contribution in [-0.2, 0) is 11.3 Å². The Labute approximate surface area is 129 Å². The Balaban J connectivity index is 1.99. The Hall–Kier alpha value is -1.93. The van der Waals surface area contributed by atoms with Crippen LogP contribution in [0.3, 0.4) is 0 Å². The first-order valence-electron chi connectivity index (χ1n) is 6.14. The molecule has 0 spiro atoms. The molecule has 4 N–H and O–H groups in total. The quantitative estimate of drug-likeness (QED) is 0.571. The van der Waals surface area contributed by atoms with E-state index in [1.807, 2.05) is 6.92 Å². The van der Waals surface area contributed by atoms with Crippen LogP contribution in [0, 0.1) is 0 Å². The Morgan fingerprint density at radius 2 is 2.33 bits per heavy atom. The number of amides is 1. The number of thioether (sulfide) groups is 1. The van der Waals surface area contributed by atoms with Crippen molar-refractivity contribution < 1.29 is 4.79 Å². The van der Waals surface area contributed by atoms with Crippen molar-refractivity contribution in [1.82, 2.24) is 14.8 Å². The van der Waals surface area contributed by atoms with Crippen molar-refractivity contribution in [3.63, 3.8) is 0 Å². The lowest BCUT2D eigenvalue weighted by Crippen LogP contribution is -2.18. The summed E-state index contributed by atoms with van der Waals surface area (Å²) < 4.78 is 1.45. The molecule has 1 aromatic heterocycles. The van der Waals surface area contributed by atoms with E-state index in [0.29, 0.717) is 28.1 Å². The molecule has 1 aromatic carbocycles. The maximum atomic E-state index is 11.9. The van der Waals surface area contributed by atoms with Gasteiger partial charge in [-0.25, -0.2) is 9.89 Å². The number of hydrogen-bond acceptors (Lipinski definition) is 5. The van der Waals surface area contributed by atoms with Gasteiger partial charge in [-0.3, -0.25) is 9.36 Å². The minimum atomic E-state index is -0.292. The Kier molecular flexibility index (Phi) is 4.92. The molecular formula is C12H14ClN5O2S. The van der Waals surface area contributed by atoms with Gasteiger partial charge in [-0.05, 0) is 25.1 Å². The number of nitrogens with one attached hydrogen (secondary N) is 2. The minimum absolute atomic E-state index is 0.107. The molecule has 0 saturated carbocycles. The molecule has 0 radical (unpaired) electrons.